The monoisotopic (exact) mass is 198 g/mol. The van der Waals surface area contributed by atoms with E-state index in [4.69, 9.17) is 5.73 Å². The van der Waals surface area contributed by atoms with Gasteiger partial charge in [0, 0.05) is 19.1 Å². The van der Waals surface area contributed by atoms with Crippen LogP contribution in [0.1, 0.15) is 27.2 Å². The summed E-state index contributed by atoms with van der Waals surface area (Å²) in [4.78, 5) is 13.7. The van der Waals surface area contributed by atoms with Crippen molar-refractivity contribution in [1.82, 2.24) is 4.90 Å². The predicted octanol–water partition coefficient (Wildman–Crippen LogP) is 1.39. The van der Waals surface area contributed by atoms with Gasteiger partial charge in [-0.25, -0.2) is 0 Å². The third-order valence-electron chi connectivity index (χ3n) is 2.33. The van der Waals surface area contributed by atoms with E-state index in [9.17, 15) is 4.79 Å². The van der Waals surface area contributed by atoms with Gasteiger partial charge in [0.2, 0.25) is 5.91 Å². The molecular formula is C11H22N2O. The van der Waals surface area contributed by atoms with Crippen molar-refractivity contribution in [3.8, 4) is 0 Å². The number of nitrogens with zero attached hydrogens (tertiary/aromatic N) is 1. The first-order valence-corrected chi connectivity index (χ1v) is 5.19. The first-order chi connectivity index (χ1) is 6.54. The molecular weight excluding hydrogens is 176 g/mol. The van der Waals surface area contributed by atoms with E-state index < -0.39 is 0 Å². The van der Waals surface area contributed by atoms with Gasteiger partial charge in [0.05, 0.1) is 5.92 Å². The third-order valence-corrected chi connectivity index (χ3v) is 2.33. The topological polar surface area (TPSA) is 46.3 Å². The van der Waals surface area contributed by atoms with Crippen LogP contribution in [0.25, 0.3) is 0 Å². The molecule has 3 nitrogen and oxygen atoms in total. The van der Waals surface area contributed by atoms with Gasteiger partial charge in [-0.05, 0) is 13.3 Å². The second-order valence-corrected chi connectivity index (χ2v) is 3.72. The van der Waals surface area contributed by atoms with E-state index in [0.717, 1.165) is 13.0 Å². The van der Waals surface area contributed by atoms with Crippen molar-refractivity contribution in [3.05, 3.63) is 12.7 Å². The maximum atomic E-state index is 11.9. The smallest absolute Gasteiger partial charge is 0.227 e. The Morgan fingerprint density at radius 2 is 2.14 bits per heavy atom. The minimum atomic E-state index is -0.110. The van der Waals surface area contributed by atoms with Crippen LogP contribution in [-0.2, 0) is 4.79 Å². The minimum Gasteiger partial charge on any atom is -0.339 e. The summed E-state index contributed by atoms with van der Waals surface area (Å²) in [6, 6.07) is -0.0910. The van der Waals surface area contributed by atoms with Crippen molar-refractivity contribution in [3.63, 3.8) is 0 Å². The molecule has 3 heteroatoms. The summed E-state index contributed by atoms with van der Waals surface area (Å²) in [5.74, 6) is 0.0169. The lowest BCUT2D eigenvalue weighted by Crippen LogP contribution is -2.42. The number of carbonyl (C=O) groups excluding carboxylic acids is 1. The summed E-state index contributed by atoms with van der Waals surface area (Å²) < 4.78 is 0. The molecule has 0 heterocycles. The van der Waals surface area contributed by atoms with Crippen molar-refractivity contribution < 1.29 is 4.79 Å². The van der Waals surface area contributed by atoms with Crippen LogP contribution in [0.3, 0.4) is 0 Å². The molecule has 0 saturated heterocycles. The summed E-state index contributed by atoms with van der Waals surface area (Å²) in [7, 11) is 0. The van der Waals surface area contributed by atoms with Crippen LogP contribution in [0, 0.1) is 5.92 Å². The number of hydrogen-bond donors (Lipinski definition) is 1. The van der Waals surface area contributed by atoms with E-state index >= 15 is 0 Å². The molecule has 82 valence electrons. The van der Waals surface area contributed by atoms with Gasteiger partial charge in [0.15, 0.2) is 0 Å². The maximum absolute atomic E-state index is 11.9. The molecule has 2 N–H and O–H groups in total. The van der Waals surface area contributed by atoms with E-state index in [0.29, 0.717) is 6.54 Å². The van der Waals surface area contributed by atoms with Crippen LogP contribution in [-0.4, -0.2) is 29.9 Å². The van der Waals surface area contributed by atoms with Crippen LogP contribution in [0.15, 0.2) is 12.7 Å². The van der Waals surface area contributed by atoms with Crippen LogP contribution in [0.5, 0.6) is 0 Å². The largest absolute Gasteiger partial charge is 0.339 e. The molecule has 0 radical (unpaired) electrons. The van der Waals surface area contributed by atoms with Crippen LogP contribution < -0.4 is 5.73 Å². The Kier molecular flexibility index (Phi) is 6.21. The first-order valence-electron chi connectivity index (χ1n) is 5.19. The van der Waals surface area contributed by atoms with Crippen molar-refractivity contribution in [2.45, 2.75) is 33.2 Å². The lowest BCUT2D eigenvalue weighted by atomic mass is 10.0. The fourth-order valence-corrected chi connectivity index (χ4v) is 1.23. The first kappa shape index (κ1) is 13.2. The molecule has 0 aliphatic carbocycles. The molecule has 2 unspecified atom stereocenters. The summed E-state index contributed by atoms with van der Waals surface area (Å²) in [5.41, 5.74) is 5.69. The molecule has 0 spiro atoms. The number of nitrogens with two attached hydrogens (primary N) is 1. The highest BCUT2D eigenvalue weighted by Gasteiger charge is 2.21. The zero-order valence-electron chi connectivity index (χ0n) is 9.49. The number of amides is 1. The average molecular weight is 198 g/mol. The highest BCUT2D eigenvalue weighted by Crippen LogP contribution is 2.06. The average Bonchev–Trinajstić information content (AvgIpc) is 2.15. The standard InChI is InChI=1S/C11H22N2O/c1-5-7-13(8-6-2)11(14)9(3)10(4)12/h5,9-10H,1,6-8,12H2,2-4H3. The van der Waals surface area contributed by atoms with Gasteiger partial charge >= 0.3 is 0 Å². The van der Waals surface area contributed by atoms with Crippen molar-refractivity contribution in [2.24, 2.45) is 11.7 Å². The van der Waals surface area contributed by atoms with E-state index in [1.807, 2.05) is 13.8 Å². The van der Waals surface area contributed by atoms with Crippen LogP contribution >= 0.6 is 0 Å². The normalized spacial score (nSPS) is 14.6. The fraction of sp³-hybridized carbons (Fsp3) is 0.727. The molecule has 0 aromatic rings. The number of hydrogen-bond acceptors (Lipinski definition) is 2. The lowest BCUT2D eigenvalue weighted by Gasteiger charge is -2.25. The minimum absolute atomic E-state index is 0.0910. The predicted molar refractivity (Wildman–Crippen MR) is 59.9 cm³/mol. The zero-order valence-corrected chi connectivity index (χ0v) is 9.49. The maximum Gasteiger partial charge on any atom is 0.227 e. The van der Waals surface area contributed by atoms with Gasteiger partial charge in [-0.15, -0.1) is 6.58 Å². The zero-order chi connectivity index (χ0) is 11.1. The molecule has 0 fully saturated rings. The molecule has 0 aromatic heterocycles. The Morgan fingerprint density at radius 3 is 2.50 bits per heavy atom. The van der Waals surface area contributed by atoms with E-state index in [-0.39, 0.29) is 17.9 Å². The molecule has 0 bridgehead atoms. The van der Waals surface area contributed by atoms with Crippen molar-refractivity contribution in [2.75, 3.05) is 13.1 Å². The Labute approximate surface area is 87.0 Å². The Morgan fingerprint density at radius 1 is 1.57 bits per heavy atom. The molecule has 0 rings (SSSR count). The Balaban J connectivity index is 4.33. The second-order valence-electron chi connectivity index (χ2n) is 3.72. The summed E-state index contributed by atoms with van der Waals surface area (Å²) >= 11 is 0. The SMILES string of the molecule is C=CCN(CCC)C(=O)C(C)C(C)N. The van der Waals surface area contributed by atoms with E-state index in [1.165, 1.54) is 0 Å². The summed E-state index contributed by atoms with van der Waals surface area (Å²) in [6.45, 7) is 10.8. The molecule has 0 aromatic carbocycles. The molecule has 0 aliphatic rings. The van der Waals surface area contributed by atoms with Crippen LogP contribution in [0.4, 0.5) is 0 Å². The van der Waals surface area contributed by atoms with Gasteiger partial charge in [0.1, 0.15) is 0 Å². The second kappa shape index (κ2) is 6.60. The van der Waals surface area contributed by atoms with E-state index in [2.05, 4.69) is 13.5 Å². The number of rotatable bonds is 6. The molecule has 0 saturated carbocycles. The summed E-state index contributed by atoms with van der Waals surface area (Å²) in [6.07, 6.45) is 2.71. The van der Waals surface area contributed by atoms with Gasteiger partial charge in [-0.2, -0.15) is 0 Å². The fourth-order valence-electron chi connectivity index (χ4n) is 1.23. The molecule has 2 atom stereocenters. The lowest BCUT2D eigenvalue weighted by molar-refractivity contribution is -0.135. The Hall–Kier alpha value is -0.830. The highest BCUT2D eigenvalue weighted by molar-refractivity contribution is 5.79. The molecule has 1 amide bonds. The van der Waals surface area contributed by atoms with Gasteiger partial charge in [-0.1, -0.05) is 19.9 Å². The Bertz CT molecular complexity index is 190. The van der Waals surface area contributed by atoms with Gasteiger partial charge in [-0.3, -0.25) is 4.79 Å². The van der Waals surface area contributed by atoms with Gasteiger partial charge < -0.3 is 10.6 Å². The molecule has 0 aliphatic heterocycles. The van der Waals surface area contributed by atoms with Crippen LogP contribution in [0.2, 0.25) is 0 Å². The van der Waals surface area contributed by atoms with Crippen molar-refractivity contribution in [1.29, 1.82) is 0 Å². The third kappa shape index (κ3) is 3.92. The van der Waals surface area contributed by atoms with Crippen molar-refractivity contribution >= 4 is 5.91 Å². The number of carbonyl (C=O) groups is 1. The van der Waals surface area contributed by atoms with E-state index in [1.54, 1.807) is 11.0 Å². The quantitative estimate of drug-likeness (QED) is 0.656. The highest BCUT2D eigenvalue weighted by atomic mass is 16.2. The van der Waals surface area contributed by atoms with Gasteiger partial charge in [0.25, 0.3) is 0 Å². The summed E-state index contributed by atoms with van der Waals surface area (Å²) in [5, 5.41) is 0. The molecule has 14 heavy (non-hydrogen) atoms.